The Morgan fingerprint density at radius 2 is 2.11 bits per heavy atom. The minimum atomic E-state index is 0.281. The Bertz CT molecular complexity index is 573. The Morgan fingerprint density at radius 1 is 1.32 bits per heavy atom. The van der Waals surface area contributed by atoms with E-state index >= 15 is 0 Å². The zero-order chi connectivity index (χ0) is 13.3. The molecule has 1 aliphatic carbocycles. The van der Waals surface area contributed by atoms with Crippen molar-refractivity contribution in [1.82, 2.24) is 10.3 Å². The van der Waals surface area contributed by atoms with E-state index in [0.29, 0.717) is 0 Å². The molecule has 2 aromatic rings. The molecule has 1 saturated carbocycles. The molecule has 0 saturated heterocycles. The fourth-order valence-electron chi connectivity index (χ4n) is 3.05. The Hall–Kier alpha value is -0.450. The highest BCUT2D eigenvalue weighted by atomic mass is 79.9. The molecular weight excluding hydrogens is 320 g/mol. The van der Waals surface area contributed by atoms with Crippen LogP contribution in [0.3, 0.4) is 0 Å². The SMILES string of the molecule is CNC1(Cc2nc3ccc(Br)cc3s2)CCCCC1. The van der Waals surface area contributed by atoms with E-state index in [1.54, 1.807) is 0 Å². The lowest BCUT2D eigenvalue weighted by atomic mass is 9.79. The molecule has 19 heavy (non-hydrogen) atoms. The van der Waals surface area contributed by atoms with E-state index in [1.165, 1.54) is 41.8 Å². The zero-order valence-electron chi connectivity index (χ0n) is 11.2. The van der Waals surface area contributed by atoms with Crippen LogP contribution in [-0.4, -0.2) is 17.6 Å². The van der Waals surface area contributed by atoms with Gasteiger partial charge in [-0.2, -0.15) is 0 Å². The summed E-state index contributed by atoms with van der Waals surface area (Å²) in [4.78, 5) is 4.80. The van der Waals surface area contributed by atoms with Crippen LogP contribution in [0.25, 0.3) is 10.2 Å². The van der Waals surface area contributed by atoms with Gasteiger partial charge < -0.3 is 5.32 Å². The zero-order valence-corrected chi connectivity index (χ0v) is 13.6. The maximum absolute atomic E-state index is 4.80. The first-order chi connectivity index (χ1) is 9.21. The highest BCUT2D eigenvalue weighted by molar-refractivity contribution is 9.10. The van der Waals surface area contributed by atoms with Crippen molar-refractivity contribution in [3.8, 4) is 0 Å². The molecule has 1 aromatic heterocycles. The third kappa shape index (κ3) is 2.86. The molecule has 0 aliphatic heterocycles. The maximum atomic E-state index is 4.80. The van der Waals surface area contributed by atoms with Gasteiger partial charge in [-0.25, -0.2) is 4.98 Å². The van der Waals surface area contributed by atoms with Crippen LogP contribution in [-0.2, 0) is 6.42 Å². The molecule has 1 aromatic carbocycles. The molecule has 4 heteroatoms. The second-order valence-corrected chi connectivity index (χ2v) is 7.52. The molecule has 0 spiro atoms. The molecule has 1 N–H and O–H groups in total. The van der Waals surface area contributed by atoms with Gasteiger partial charge in [0, 0.05) is 16.4 Å². The third-order valence-electron chi connectivity index (χ3n) is 4.23. The summed E-state index contributed by atoms with van der Waals surface area (Å²) in [6.45, 7) is 0. The van der Waals surface area contributed by atoms with E-state index in [-0.39, 0.29) is 5.54 Å². The van der Waals surface area contributed by atoms with Crippen molar-refractivity contribution in [2.75, 3.05) is 7.05 Å². The standard InChI is InChI=1S/C15H19BrN2S/c1-17-15(7-3-2-4-8-15)10-14-18-12-6-5-11(16)9-13(12)19-14/h5-6,9,17H,2-4,7-8,10H2,1H3. The second-order valence-electron chi connectivity index (χ2n) is 5.49. The van der Waals surface area contributed by atoms with Crippen molar-refractivity contribution >= 4 is 37.5 Å². The topological polar surface area (TPSA) is 24.9 Å². The van der Waals surface area contributed by atoms with E-state index in [2.05, 4.69) is 46.5 Å². The molecule has 0 unspecified atom stereocenters. The number of fused-ring (bicyclic) bond motifs is 1. The molecule has 0 bridgehead atoms. The Kier molecular flexibility index (Phi) is 3.92. The van der Waals surface area contributed by atoms with E-state index in [4.69, 9.17) is 4.98 Å². The van der Waals surface area contributed by atoms with Crippen LogP contribution >= 0.6 is 27.3 Å². The van der Waals surface area contributed by atoms with Gasteiger partial charge >= 0.3 is 0 Å². The monoisotopic (exact) mass is 338 g/mol. The minimum absolute atomic E-state index is 0.281. The first-order valence-electron chi connectivity index (χ1n) is 6.95. The highest BCUT2D eigenvalue weighted by Gasteiger charge is 2.31. The maximum Gasteiger partial charge on any atom is 0.0957 e. The van der Waals surface area contributed by atoms with Crippen LogP contribution in [0.5, 0.6) is 0 Å². The Morgan fingerprint density at radius 3 is 2.84 bits per heavy atom. The number of likely N-dealkylation sites (N-methyl/N-ethyl adjacent to an activating group) is 1. The van der Waals surface area contributed by atoms with Crippen LogP contribution < -0.4 is 5.32 Å². The lowest BCUT2D eigenvalue weighted by Gasteiger charge is -2.36. The second kappa shape index (κ2) is 5.51. The van der Waals surface area contributed by atoms with Crippen molar-refractivity contribution < 1.29 is 0 Å². The summed E-state index contributed by atoms with van der Waals surface area (Å²) >= 11 is 5.37. The fraction of sp³-hybridized carbons (Fsp3) is 0.533. The number of rotatable bonds is 3. The lowest BCUT2D eigenvalue weighted by Crippen LogP contribution is -2.46. The largest absolute Gasteiger partial charge is 0.314 e. The summed E-state index contributed by atoms with van der Waals surface area (Å²) in [6, 6.07) is 6.34. The average molecular weight is 339 g/mol. The van der Waals surface area contributed by atoms with Gasteiger partial charge in [0.15, 0.2) is 0 Å². The van der Waals surface area contributed by atoms with Crippen molar-refractivity contribution in [1.29, 1.82) is 0 Å². The average Bonchev–Trinajstić information content (AvgIpc) is 2.81. The van der Waals surface area contributed by atoms with Crippen LogP contribution in [0.1, 0.15) is 37.1 Å². The molecule has 1 aliphatic rings. The summed E-state index contributed by atoms with van der Waals surface area (Å²) in [5.41, 5.74) is 1.41. The molecule has 102 valence electrons. The van der Waals surface area contributed by atoms with Crippen LogP contribution in [0, 0.1) is 0 Å². The first-order valence-corrected chi connectivity index (χ1v) is 8.56. The van der Waals surface area contributed by atoms with Gasteiger partial charge in [-0.05, 0) is 38.1 Å². The molecule has 0 radical (unpaired) electrons. The van der Waals surface area contributed by atoms with Crippen molar-refractivity contribution in [3.05, 3.63) is 27.7 Å². The number of halogens is 1. The predicted molar refractivity (Wildman–Crippen MR) is 85.9 cm³/mol. The predicted octanol–water partition coefficient (Wildman–Crippen LogP) is 4.52. The van der Waals surface area contributed by atoms with Crippen LogP contribution in [0.2, 0.25) is 0 Å². The Labute approximate surface area is 126 Å². The molecule has 0 amide bonds. The smallest absolute Gasteiger partial charge is 0.0957 e. The highest BCUT2D eigenvalue weighted by Crippen LogP contribution is 2.34. The minimum Gasteiger partial charge on any atom is -0.314 e. The van der Waals surface area contributed by atoms with Gasteiger partial charge in [0.05, 0.1) is 15.2 Å². The summed E-state index contributed by atoms with van der Waals surface area (Å²) < 4.78 is 2.42. The summed E-state index contributed by atoms with van der Waals surface area (Å²) in [6.07, 6.45) is 7.71. The van der Waals surface area contributed by atoms with E-state index in [9.17, 15) is 0 Å². The molecule has 2 nitrogen and oxygen atoms in total. The number of aromatic nitrogens is 1. The van der Waals surface area contributed by atoms with Gasteiger partial charge in [0.2, 0.25) is 0 Å². The normalized spacial score (nSPS) is 18.8. The van der Waals surface area contributed by atoms with Gasteiger partial charge in [0.25, 0.3) is 0 Å². The number of hydrogen-bond donors (Lipinski definition) is 1. The quantitative estimate of drug-likeness (QED) is 0.889. The van der Waals surface area contributed by atoms with Crippen molar-refractivity contribution in [3.63, 3.8) is 0 Å². The summed E-state index contributed by atoms with van der Waals surface area (Å²) in [5, 5.41) is 4.85. The fourth-order valence-corrected chi connectivity index (χ4v) is 4.72. The summed E-state index contributed by atoms with van der Waals surface area (Å²) in [7, 11) is 2.11. The first kappa shape index (κ1) is 13.5. The molecular formula is C15H19BrN2S. The van der Waals surface area contributed by atoms with Crippen LogP contribution in [0.4, 0.5) is 0 Å². The third-order valence-corrected chi connectivity index (χ3v) is 5.74. The van der Waals surface area contributed by atoms with Crippen molar-refractivity contribution in [2.24, 2.45) is 0 Å². The number of hydrogen-bond acceptors (Lipinski definition) is 3. The van der Waals surface area contributed by atoms with Gasteiger partial charge in [-0.1, -0.05) is 35.2 Å². The number of nitrogens with one attached hydrogen (secondary N) is 1. The Balaban J connectivity index is 1.87. The van der Waals surface area contributed by atoms with E-state index < -0.39 is 0 Å². The van der Waals surface area contributed by atoms with E-state index in [1.807, 2.05) is 11.3 Å². The molecule has 0 atom stereocenters. The lowest BCUT2D eigenvalue weighted by molar-refractivity contribution is 0.244. The van der Waals surface area contributed by atoms with Crippen molar-refractivity contribution in [2.45, 2.75) is 44.1 Å². The van der Waals surface area contributed by atoms with Gasteiger partial charge in [-0.3, -0.25) is 0 Å². The number of nitrogens with zero attached hydrogens (tertiary/aromatic N) is 1. The van der Waals surface area contributed by atoms with E-state index in [0.717, 1.165) is 16.4 Å². The number of thiazole rings is 1. The van der Waals surface area contributed by atoms with Crippen LogP contribution in [0.15, 0.2) is 22.7 Å². The molecule has 3 rings (SSSR count). The van der Waals surface area contributed by atoms with Gasteiger partial charge in [-0.15, -0.1) is 11.3 Å². The molecule has 1 fully saturated rings. The summed E-state index contributed by atoms with van der Waals surface area (Å²) in [5.74, 6) is 0. The number of benzene rings is 1. The molecule has 1 heterocycles. The van der Waals surface area contributed by atoms with Gasteiger partial charge in [0.1, 0.15) is 0 Å².